The minimum Gasteiger partial charge on any atom is -0.463 e. The first-order valence-electron chi connectivity index (χ1n) is 5.27. The summed E-state index contributed by atoms with van der Waals surface area (Å²) in [6.07, 6.45) is 3.84. The topological polar surface area (TPSA) is 18.5 Å². The summed E-state index contributed by atoms with van der Waals surface area (Å²) in [5.74, 6) is 0.417. The molecule has 2 heteroatoms. The molecule has 0 aromatic heterocycles. The second-order valence-corrected chi connectivity index (χ2v) is 3.96. The van der Waals surface area contributed by atoms with Crippen LogP contribution in [0.2, 0.25) is 0 Å². The van der Waals surface area contributed by atoms with Gasteiger partial charge in [-0.3, -0.25) is 0 Å². The Morgan fingerprint density at radius 2 is 2.13 bits per heavy atom. The lowest BCUT2D eigenvalue weighted by Gasteiger charge is -2.24. The van der Waals surface area contributed by atoms with E-state index in [1.54, 1.807) is 0 Å². The van der Waals surface area contributed by atoms with E-state index < -0.39 is 5.79 Å². The lowest BCUT2D eigenvalue weighted by molar-refractivity contribution is -0.134. The van der Waals surface area contributed by atoms with Crippen LogP contribution in [0.15, 0.2) is 30.8 Å². The third-order valence-corrected chi connectivity index (χ3v) is 2.63. The highest BCUT2D eigenvalue weighted by Gasteiger charge is 2.31. The zero-order valence-electron chi connectivity index (χ0n) is 9.03. The first-order valence-corrected chi connectivity index (χ1v) is 5.27. The Morgan fingerprint density at radius 3 is 2.67 bits per heavy atom. The van der Waals surface area contributed by atoms with Crippen molar-refractivity contribution < 1.29 is 9.47 Å². The van der Waals surface area contributed by atoms with Gasteiger partial charge in [-0.2, -0.15) is 0 Å². The third kappa shape index (κ3) is 2.39. The van der Waals surface area contributed by atoms with Crippen molar-refractivity contribution in [2.75, 3.05) is 6.61 Å². The maximum absolute atomic E-state index is 5.81. The molecule has 15 heavy (non-hydrogen) atoms. The molecule has 1 atom stereocenters. The Kier molecular flexibility index (Phi) is 2.78. The van der Waals surface area contributed by atoms with E-state index in [9.17, 15) is 0 Å². The molecule has 1 heterocycles. The van der Waals surface area contributed by atoms with Gasteiger partial charge < -0.3 is 9.47 Å². The maximum Gasteiger partial charge on any atom is 0.207 e. The van der Waals surface area contributed by atoms with Crippen molar-refractivity contribution in [1.29, 1.82) is 0 Å². The average molecular weight is 204 g/mol. The van der Waals surface area contributed by atoms with Crippen molar-refractivity contribution in [1.82, 2.24) is 0 Å². The van der Waals surface area contributed by atoms with Gasteiger partial charge in [0.05, 0.1) is 6.61 Å². The number of rotatable bonds is 3. The SMILES string of the molecule is C=Cc1ccc(OC2(C)CCCO2)cc1. The summed E-state index contributed by atoms with van der Waals surface area (Å²) in [7, 11) is 0. The predicted molar refractivity (Wildman–Crippen MR) is 60.8 cm³/mol. The van der Waals surface area contributed by atoms with Crippen molar-refractivity contribution in [2.45, 2.75) is 25.6 Å². The van der Waals surface area contributed by atoms with E-state index in [4.69, 9.17) is 9.47 Å². The second-order valence-electron chi connectivity index (χ2n) is 3.96. The molecule has 0 bridgehead atoms. The molecule has 80 valence electrons. The summed E-state index contributed by atoms with van der Waals surface area (Å²) in [6, 6.07) is 7.87. The molecule has 0 N–H and O–H groups in total. The van der Waals surface area contributed by atoms with Gasteiger partial charge in [0.25, 0.3) is 0 Å². The smallest absolute Gasteiger partial charge is 0.207 e. The molecule has 1 aliphatic rings. The molecule has 1 unspecified atom stereocenters. The highest BCUT2D eigenvalue weighted by Crippen LogP contribution is 2.28. The van der Waals surface area contributed by atoms with Crippen LogP contribution in [-0.2, 0) is 4.74 Å². The van der Waals surface area contributed by atoms with Gasteiger partial charge in [-0.05, 0) is 24.1 Å². The van der Waals surface area contributed by atoms with Crippen LogP contribution in [0.4, 0.5) is 0 Å². The van der Waals surface area contributed by atoms with Gasteiger partial charge >= 0.3 is 0 Å². The zero-order chi connectivity index (χ0) is 10.7. The Bertz CT molecular complexity index is 334. The summed E-state index contributed by atoms with van der Waals surface area (Å²) in [5.41, 5.74) is 1.10. The van der Waals surface area contributed by atoms with E-state index in [0.717, 1.165) is 30.8 Å². The molecule has 1 aromatic carbocycles. The van der Waals surface area contributed by atoms with Gasteiger partial charge in [0, 0.05) is 13.3 Å². The fourth-order valence-corrected chi connectivity index (χ4v) is 1.76. The lowest BCUT2D eigenvalue weighted by atomic mass is 10.2. The van der Waals surface area contributed by atoms with Crippen LogP contribution in [0.25, 0.3) is 6.08 Å². The fourth-order valence-electron chi connectivity index (χ4n) is 1.76. The largest absolute Gasteiger partial charge is 0.463 e. The van der Waals surface area contributed by atoms with E-state index in [2.05, 4.69) is 6.58 Å². The van der Waals surface area contributed by atoms with E-state index in [1.807, 2.05) is 37.3 Å². The number of hydrogen-bond donors (Lipinski definition) is 0. The molecule has 1 aliphatic heterocycles. The van der Waals surface area contributed by atoms with Crippen LogP contribution in [-0.4, -0.2) is 12.4 Å². The van der Waals surface area contributed by atoms with E-state index in [-0.39, 0.29) is 0 Å². The Hall–Kier alpha value is -1.28. The quantitative estimate of drug-likeness (QED) is 0.752. The molecule has 0 amide bonds. The minimum atomic E-state index is -0.435. The molecule has 0 aliphatic carbocycles. The Morgan fingerprint density at radius 1 is 1.40 bits per heavy atom. The predicted octanol–water partition coefficient (Wildman–Crippen LogP) is 3.24. The van der Waals surface area contributed by atoms with Crippen molar-refractivity contribution >= 4 is 6.08 Å². The fraction of sp³-hybridized carbons (Fsp3) is 0.385. The molecule has 1 saturated heterocycles. The van der Waals surface area contributed by atoms with Crippen molar-refractivity contribution in [3.8, 4) is 5.75 Å². The lowest BCUT2D eigenvalue weighted by Crippen LogP contribution is -2.30. The van der Waals surface area contributed by atoms with Gasteiger partial charge in [-0.25, -0.2) is 0 Å². The molecule has 0 radical (unpaired) electrons. The van der Waals surface area contributed by atoms with Gasteiger partial charge in [-0.1, -0.05) is 24.8 Å². The van der Waals surface area contributed by atoms with Gasteiger partial charge in [0.2, 0.25) is 5.79 Å². The first-order chi connectivity index (χ1) is 7.22. The summed E-state index contributed by atoms with van der Waals surface area (Å²) in [6.45, 7) is 6.49. The van der Waals surface area contributed by atoms with Crippen LogP contribution in [0.1, 0.15) is 25.3 Å². The average Bonchev–Trinajstić information content (AvgIpc) is 2.66. The number of ether oxygens (including phenoxy) is 2. The summed E-state index contributed by atoms with van der Waals surface area (Å²) < 4.78 is 11.4. The molecule has 2 nitrogen and oxygen atoms in total. The number of benzene rings is 1. The Balaban J connectivity index is 2.07. The van der Waals surface area contributed by atoms with Crippen LogP contribution in [0.5, 0.6) is 5.75 Å². The summed E-state index contributed by atoms with van der Waals surface area (Å²) in [4.78, 5) is 0. The van der Waals surface area contributed by atoms with Gasteiger partial charge in [0.15, 0.2) is 0 Å². The summed E-state index contributed by atoms with van der Waals surface area (Å²) in [5, 5.41) is 0. The first kappa shape index (κ1) is 10.2. The standard InChI is InChI=1S/C13H16O2/c1-3-11-5-7-12(8-6-11)15-13(2)9-4-10-14-13/h3,5-8H,1,4,9-10H2,2H3. The third-order valence-electron chi connectivity index (χ3n) is 2.63. The van der Waals surface area contributed by atoms with Crippen molar-refractivity contribution in [3.05, 3.63) is 36.4 Å². The second kappa shape index (κ2) is 4.07. The molecule has 2 rings (SSSR count). The van der Waals surface area contributed by atoms with Gasteiger partial charge in [-0.15, -0.1) is 0 Å². The van der Waals surface area contributed by atoms with Crippen LogP contribution in [0, 0.1) is 0 Å². The van der Waals surface area contributed by atoms with Gasteiger partial charge in [0.1, 0.15) is 5.75 Å². The normalized spacial score (nSPS) is 25.1. The van der Waals surface area contributed by atoms with E-state index >= 15 is 0 Å². The van der Waals surface area contributed by atoms with Crippen molar-refractivity contribution in [3.63, 3.8) is 0 Å². The summed E-state index contributed by atoms with van der Waals surface area (Å²) >= 11 is 0. The van der Waals surface area contributed by atoms with Crippen molar-refractivity contribution in [2.24, 2.45) is 0 Å². The van der Waals surface area contributed by atoms with Crippen LogP contribution >= 0.6 is 0 Å². The molecular formula is C13H16O2. The molecule has 0 spiro atoms. The van der Waals surface area contributed by atoms with Crippen LogP contribution < -0.4 is 4.74 Å². The highest BCUT2D eigenvalue weighted by atomic mass is 16.7. The molecule has 1 aromatic rings. The molecular weight excluding hydrogens is 188 g/mol. The van der Waals surface area contributed by atoms with E-state index in [0.29, 0.717) is 0 Å². The Labute approximate surface area is 90.5 Å². The van der Waals surface area contributed by atoms with E-state index in [1.165, 1.54) is 0 Å². The monoisotopic (exact) mass is 204 g/mol. The molecule has 1 fully saturated rings. The number of hydrogen-bond acceptors (Lipinski definition) is 2. The minimum absolute atomic E-state index is 0.435. The maximum atomic E-state index is 5.81. The van der Waals surface area contributed by atoms with Crippen LogP contribution in [0.3, 0.4) is 0 Å². The molecule has 0 saturated carbocycles. The zero-order valence-corrected chi connectivity index (χ0v) is 9.03. The highest BCUT2D eigenvalue weighted by molar-refractivity contribution is 5.48.